The Morgan fingerprint density at radius 1 is 1.39 bits per heavy atom. The minimum atomic E-state index is -2.05. The molecule has 0 heterocycles. The van der Waals surface area contributed by atoms with Gasteiger partial charge in [-0.3, -0.25) is 0 Å². The molecule has 0 aliphatic heterocycles. The molecule has 2 atom stereocenters. The fraction of sp³-hybridized carbons (Fsp3) is 0.364. The second-order valence-corrected chi connectivity index (χ2v) is 3.46. The van der Waals surface area contributed by atoms with Crippen molar-refractivity contribution in [3.8, 4) is 11.5 Å². The van der Waals surface area contributed by atoms with Crippen LogP contribution in [0.15, 0.2) is 18.2 Å². The van der Waals surface area contributed by atoms with E-state index in [9.17, 15) is 19.4 Å². The van der Waals surface area contributed by atoms with Gasteiger partial charge in [0.2, 0.25) is 6.17 Å². The lowest BCUT2D eigenvalue weighted by molar-refractivity contribution is -0.149. The molecule has 0 fully saturated rings. The molecule has 0 amide bonds. The number of esters is 1. The lowest BCUT2D eigenvalue weighted by atomic mass is 10.0. The topological polar surface area (TPSA) is 92.8 Å². The van der Waals surface area contributed by atoms with Crippen molar-refractivity contribution in [2.75, 3.05) is 6.61 Å². The molecule has 0 saturated carbocycles. The Labute approximate surface area is 110 Å². The van der Waals surface area contributed by atoms with Crippen LogP contribution in [0.1, 0.15) is 18.5 Å². The van der Waals surface area contributed by atoms with Gasteiger partial charge in [-0.05, 0) is 24.6 Å². The van der Waals surface area contributed by atoms with Gasteiger partial charge in [0.25, 0.3) is 0 Å². The summed E-state index contributed by atoms with van der Waals surface area (Å²) in [6, 6.07) is 2.13. The molecule has 1 unspecified atom stereocenters. The standard InChI is InChI=1S/C11H14FNO4.ClH/c1-2-17-11(16)9(12)10(13)6-3-7(14)5-8(15)4-6;/h3-5,9-10,14-15H,2,13H2,1H3;1H/t9?,10-;/m1./s1. The normalized spacial score (nSPS) is 13.3. The van der Waals surface area contributed by atoms with Gasteiger partial charge in [-0.25, -0.2) is 9.18 Å². The highest BCUT2D eigenvalue weighted by atomic mass is 35.5. The molecule has 1 rings (SSSR count). The van der Waals surface area contributed by atoms with Gasteiger partial charge >= 0.3 is 5.97 Å². The molecule has 5 nitrogen and oxygen atoms in total. The zero-order valence-electron chi connectivity index (χ0n) is 9.67. The van der Waals surface area contributed by atoms with E-state index in [1.54, 1.807) is 6.92 Å². The molecule has 0 aromatic heterocycles. The third-order valence-corrected chi connectivity index (χ3v) is 2.14. The zero-order chi connectivity index (χ0) is 13.0. The average molecular weight is 280 g/mol. The number of hydrogen-bond acceptors (Lipinski definition) is 5. The average Bonchev–Trinajstić information content (AvgIpc) is 2.26. The van der Waals surface area contributed by atoms with Crippen LogP contribution in [0.2, 0.25) is 0 Å². The summed E-state index contributed by atoms with van der Waals surface area (Å²) < 4.78 is 18.1. The van der Waals surface area contributed by atoms with E-state index >= 15 is 0 Å². The quantitative estimate of drug-likeness (QED) is 0.725. The summed E-state index contributed by atoms with van der Waals surface area (Å²) in [5.74, 6) is -1.58. The van der Waals surface area contributed by atoms with E-state index in [2.05, 4.69) is 4.74 Å². The van der Waals surface area contributed by atoms with Crippen LogP contribution in [0.5, 0.6) is 11.5 Å². The van der Waals surface area contributed by atoms with Crippen LogP contribution in [0.4, 0.5) is 4.39 Å². The first kappa shape index (κ1) is 16.5. The molecule has 0 aliphatic carbocycles. The summed E-state index contributed by atoms with van der Waals surface area (Å²) >= 11 is 0. The molecular weight excluding hydrogens is 265 g/mol. The Morgan fingerprint density at radius 2 is 1.89 bits per heavy atom. The summed E-state index contributed by atoms with van der Waals surface area (Å²) in [6.07, 6.45) is -2.05. The predicted octanol–water partition coefficient (Wildman–Crippen LogP) is 1.42. The number of benzene rings is 1. The predicted molar refractivity (Wildman–Crippen MR) is 65.5 cm³/mol. The molecule has 102 valence electrons. The van der Waals surface area contributed by atoms with Crippen molar-refractivity contribution >= 4 is 18.4 Å². The number of ether oxygens (including phenoxy) is 1. The molecular formula is C11H15ClFNO4. The molecule has 1 aromatic carbocycles. The van der Waals surface area contributed by atoms with Gasteiger partial charge in [0.15, 0.2) is 0 Å². The second-order valence-electron chi connectivity index (χ2n) is 3.46. The first-order chi connectivity index (χ1) is 7.95. The highest BCUT2D eigenvalue weighted by Gasteiger charge is 2.28. The maximum atomic E-state index is 13.6. The van der Waals surface area contributed by atoms with Crippen LogP contribution in [-0.4, -0.2) is 29.0 Å². The number of phenolic OH excluding ortho intramolecular Hbond substituents is 2. The Hall–Kier alpha value is -1.53. The van der Waals surface area contributed by atoms with Gasteiger partial charge < -0.3 is 20.7 Å². The number of hydrogen-bond donors (Lipinski definition) is 3. The van der Waals surface area contributed by atoms with E-state index in [1.165, 1.54) is 12.1 Å². The molecule has 1 aromatic rings. The van der Waals surface area contributed by atoms with Crippen molar-refractivity contribution < 1.29 is 24.1 Å². The fourth-order valence-corrected chi connectivity index (χ4v) is 1.35. The summed E-state index contributed by atoms with van der Waals surface area (Å²) in [6.45, 7) is 1.60. The number of halogens is 2. The van der Waals surface area contributed by atoms with Crippen LogP contribution in [0, 0.1) is 0 Å². The minimum Gasteiger partial charge on any atom is -0.508 e. The van der Waals surface area contributed by atoms with Gasteiger partial charge in [0, 0.05) is 6.07 Å². The maximum Gasteiger partial charge on any atom is 0.342 e. The lowest BCUT2D eigenvalue weighted by Gasteiger charge is -2.16. The zero-order valence-corrected chi connectivity index (χ0v) is 10.5. The van der Waals surface area contributed by atoms with E-state index in [0.29, 0.717) is 0 Å². The van der Waals surface area contributed by atoms with Crippen molar-refractivity contribution in [1.82, 2.24) is 0 Å². The van der Waals surface area contributed by atoms with Crippen LogP contribution in [-0.2, 0) is 9.53 Å². The fourth-order valence-electron chi connectivity index (χ4n) is 1.35. The van der Waals surface area contributed by atoms with Crippen molar-refractivity contribution in [3.63, 3.8) is 0 Å². The molecule has 7 heteroatoms. The SMILES string of the molecule is CCOC(=O)C(F)[C@H](N)c1cc(O)cc(O)c1.Cl. The highest BCUT2D eigenvalue weighted by Crippen LogP contribution is 2.26. The Bertz CT molecular complexity index is 396. The summed E-state index contributed by atoms with van der Waals surface area (Å²) in [7, 11) is 0. The lowest BCUT2D eigenvalue weighted by Crippen LogP contribution is -2.31. The molecule has 0 spiro atoms. The van der Waals surface area contributed by atoms with Crippen LogP contribution >= 0.6 is 12.4 Å². The minimum absolute atomic E-state index is 0. The van der Waals surface area contributed by atoms with Gasteiger partial charge in [0.1, 0.15) is 11.5 Å². The van der Waals surface area contributed by atoms with Crippen LogP contribution in [0.3, 0.4) is 0 Å². The first-order valence-electron chi connectivity index (χ1n) is 5.05. The number of phenols is 2. The number of carbonyl (C=O) groups excluding carboxylic acids is 1. The van der Waals surface area contributed by atoms with Gasteiger partial charge in [0.05, 0.1) is 12.6 Å². The monoisotopic (exact) mass is 279 g/mol. The number of alkyl halides is 1. The summed E-state index contributed by atoms with van der Waals surface area (Å²) in [4.78, 5) is 11.1. The van der Waals surface area contributed by atoms with Gasteiger partial charge in [-0.15, -0.1) is 12.4 Å². The number of nitrogens with two attached hydrogens (primary N) is 1. The Morgan fingerprint density at radius 3 is 2.33 bits per heavy atom. The third-order valence-electron chi connectivity index (χ3n) is 2.14. The van der Waals surface area contributed by atoms with E-state index in [4.69, 9.17) is 5.73 Å². The van der Waals surface area contributed by atoms with E-state index in [1.807, 2.05) is 0 Å². The third kappa shape index (κ3) is 4.05. The van der Waals surface area contributed by atoms with Crippen molar-refractivity contribution in [2.45, 2.75) is 19.1 Å². The maximum absolute atomic E-state index is 13.6. The van der Waals surface area contributed by atoms with E-state index in [-0.39, 0.29) is 36.1 Å². The Kier molecular flexibility index (Phi) is 6.43. The first-order valence-corrected chi connectivity index (χ1v) is 5.05. The Balaban J connectivity index is 0.00000289. The number of aromatic hydroxyl groups is 2. The number of carbonyl (C=O) groups is 1. The van der Waals surface area contributed by atoms with Crippen molar-refractivity contribution in [1.29, 1.82) is 0 Å². The highest BCUT2D eigenvalue weighted by molar-refractivity contribution is 5.85. The number of rotatable bonds is 4. The second kappa shape index (κ2) is 7.03. The molecule has 0 bridgehead atoms. The van der Waals surface area contributed by atoms with Gasteiger partial charge in [-0.1, -0.05) is 0 Å². The van der Waals surface area contributed by atoms with Crippen LogP contribution < -0.4 is 5.73 Å². The van der Waals surface area contributed by atoms with Crippen molar-refractivity contribution in [2.24, 2.45) is 5.73 Å². The summed E-state index contributed by atoms with van der Waals surface area (Å²) in [5, 5.41) is 18.4. The van der Waals surface area contributed by atoms with E-state index < -0.39 is 18.2 Å². The summed E-state index contributed by atoms with van der Waals surface area (Å²) in [5.41, 5.74) is 5.62. The molecule has 0 saturated heterocycles. The van der Waals surface area contributed by atoms with E-state index in [0.717, 1.165) is 6.07 Å². The molecule has 4 N–H and O–H groups in total. The largest absolute Gasteiger partial charge is 0.508 e. The van der Waals surface area contributed by atoms with Gasteiger partial charge in [-0.2, -0.15) is 0 Å². The van der Waals surface area contributed by atoms with Crippen molar-refractivity contribution in [3.05, 3.63) is 23.8 Å². The smallest absolute Gasteiger partial charge is 0.342 e. The van der Waals surface area contributed by atoms with Crippen LogP contribution in [0.25, 0.3) is 0 Å². The molecule has 0 aliphatic rings. The molecule has 0 radical (unpaired) electrons. The molecule has 18 heavy (non-hydrogen) atoms.